The van der Waals surface area contributed by atoms with Crippen molar-refractivity contribution < 1.29 is 22.3 Å². The minimum atomic E-state index is -4.60. The van der Waals surface area contributed by atoms with Gasteiger partial charge in [-0.1, -0.05) is 112 Å². The fourth-order valence-corrected chi connectivity index (χ4v) is 5.33. The summed E-state index contributed by atoms with van der Waals surface area (Å²) in [6.45, 7) is 14.2. The molecular weight excluding hydrogens is 638 g/mol. The number of nitrogens with zero attached hydrogens (tertiary/aromatic N) is 2. The van der Waals surface area contributed by atoms with Crippen LogP contribution in [0.5, 0.6) is 5.75 Å². The van der Waals surface area contributed by atoms with Crippen LogP contribution in [0.25, 0.3) is 0 Å². The van der Waals surface area contributed by atoms with E-state index >= 15 is 0 Å². The lowest BCUT2D eigenvalue weighted by Gasteiger charge is -2.34. The molecule has 0 saturated heterocycles. The van der Waals surface area contributed by atoms with Gasteiger partial charge in [0.25, 0.3) is 0 Å². The molecule has 0 saturated carbocycles. The van der Waals surface area contributed by atoms with Crippen molar-refractivity contribution in [2.75, 3.05) is 25.0 Å². The number of benzene rings is 3. The van der Waals surface area contributed by atoms with Crippen molar-refractivity contribution in [2.24, 2.45) is 0 Å². The van der Waals surface area contributed by atoms with Gasteiger partial charge in [-0.15, -0.1) is 6.58 Å². The molecule has 4 aromatic rings. The molecule has 1 atom stereocenters. The second-order valence-electron chi connectivity index (χ2n) is 10.8. The molecule has 0 unspecified atom stereocenters. The van der Waals surface area contributed by atoms with Gasteiger partial charge < -0.3 is 15.0 Å². The molecule has 0 radical (unpaired) electrons. The average molecular weight is 686 g/mol. The summed E-state index contributed by atoms with van der Waals surface area (Å²) in [7, 11) is 1.71. The summed E-state index contributed by atoms with van der Waals surface area (Å²) in [6, 6.07) is 27.2. The Hall–Kier alpha value is -3.88. The van der Waals surface area contributed by atoms with Gasteiger partial charge in [-0.05, 0) is 66.9 Å². The molecule has 4 nitrogen and oxygen atoms in total. The molecule has 2 heterocycles. The molecule has 3 aromatic carbocycles. The number of hydrogen-bond donors (Lipinski definition) is 1. The van der Waals surface area contributed by atoms with E-state index in [-0.39, 0.29) is 5.75 Å². The molecule has 0 aliphatic carbocycles. The van der Waals surface area contributed by atoms with Crippen LogP contribution in [0.1, 0.15) is 62.9 Å². The Labute approximate surface area is 288 Å². The van der Waals surface area contributed by atoms with Crippen LogP contribution < -0.4 is 15.0 Å². The molecule has 0 amide bonds. The number of halogens is 5. The lowest BCUT2D eigenvalue weighted by molar-refractivity contribution is -0.253. The number of aromatic nitrogens is 1. The third kappa shape index (κ3) is 11.4. The minimum Gasteiger partial charge on any atom is -0.428 e. The van der Waals surface area contributed by atoms with Gasteiger partial charge in [0.15, 0.2) is 0 Å². The summed E-state index contributed by atoms with van der Waals surface area (Å²) in [6.07, 6.45) is -0.930. The third-order valence-electron chi connectivity index (χ3n) is 7.29. The van der Waals surface area contributed by atoms with E-state index in [0.29, 0.717) is 22.7 Å². The predicted molar refractivity (Wildman–Crippen MR) is 192 cm³/mol. The Bertz CT molecular complexity index is 1490. The van der Waals surface area contributed by atoms with E-state index in [1.54, 1.807) is 25.2 Å². The van der Waals surface area contributed by atoms with Crippen molar-refractivity contribution in [1.29, 1.82) is 0 Å². The number of aryl methyl sites for hydroxylation is 1. The summed E-state index contributed by atoms with van der Waals surface area (Å²) < 4.78 is 56.3. The van der Waals surface area contributed by atoms with Crippen LogP contribution in [-0.4, -0.2) is 37.7 Å². The largest absolute Gasteiger partial charge is 0.461 e. The monoisotopic (exact) mass is 685 g/mol. The van der Waals surface area contributed by atoms with Gasteiger partial charge in [-0.2, -0.15) is 17.6 Å². The van der Waals surface area contributed by atoms with Crippen LogP contribution >= 0.6 is 11.6 Å². The maximum Gasteiger partial charge on any atom is 0.461 e. The minimum absolute atomic E-state index is 0.376. The second-order valence-corrected chi connectivity index (χ2v) is 11.3. The van der Waals surface area contributed by atoms with Crippen LogP contribution in [0.15, 0.2) is 110 Å². The quantitative estimate of drug-likeness (QED) is 0.133. The molecule has 1 aliphatic rings. The fraction of sp³-hybridized carbons (Fsp3) is 0.359. The molecule has 1 aliphatic heterocycles. The normalized spacial score (nSPS) is 13.3. The number of likely N-dealkylation sites (N-methyl/N-ethyl adjacent to an activating group) is 1. The molecular formula is C39H48ClF4N3O. The van der Waals surface area contributed by atoms with Crippen LogP contribution in [-0.2, 0) is 18.4 Å². The van der Waals surface area contributed by atoms with Gasteiger partial charge in [0, 0.05) is 31.4 Å². The maximum atomic E-state index is 13.4. The number of nitrogens with one attached hydrogen (secondary N) is 1. The summed E-state index contributed by atoms with van der Waals surface area (Å²) >= 11 is 5.98. The topological polar surface area (TPSA) is 37.4 Å². The Morgan fingerprint density at radius 2 is 1.65 bits per heavy atom. The van der Waals surface area contributed by atoms with Crippen molar-refractivity contribution in [2.45, 2.75) is 71.5 Å². The lowest BCUT2D eigenvalue weighted by Crippen LogP contribution is -2.44. The number of hydrogen-bond acceptors (Lipinski definition) is 4. The van der Waals surface area contributed by atoms with E-state index in [0.717, 1.165) is 12.1 Å². The van der Waals surface area contributed by atoms with E-state index in [9.17, 15) is 17.6 Å². The van der Waals surface area contributed by atoms with Gasteiger partial charge in [0.05, 0.1) is 16.3 Å². The highest BCUT2D eigenvalue weighted by molar-refractivity contribution is 6.30. The van der Waals surface area contributed by atoms with Gasteiger partial charge in [-0.25, -0.2) is 0 Å². The first kappa shape index (κ1) is 40.3. The van der Waals surface area contributed by atoms with Crippen molar-refractivity contribution in [3.05, 3.63) is 137 Å². The smallest absolute Gasteiger partial charge is 0.428 e. The SMILES string of the molecule is C=CCN1CCCc2ccccc21.CC.CCC.CN[C@@](Cc1ccccc1)(c1cccc(OC(F)(F)C(F)F)c1)c1ccc(Cl)cn1. The van der Waals surface area contributed by atoms with Crippen LogP contribution in [0.2, 0.25) is 5.02 Å². The molecule has 48 heavy (non-hydrogen) atoms. The number of alkyl halides is 4. The molecule has 9 heteroatoms. The first-order valence-electron chi connectivity index (χ1n) is 16.3. The molecule has 0 fully saturated rings. The van der Waals surface area contributed by atoms with E-state index in [4.69, 9.17) is 11.6 Å². The van der Waals surface area contributed by atoms with Crippen LogP contribution in [0, 0.1) is 0 Å². The molecule has 0 spiro atoms. The number of pyridine rings is 1. The molecule has 0 bridgehead atoms. The molecule has 1 N–H and O–H groups in total. The van der Waals surface area contributed by atoms with Crippen molar-refractivity contribution in [3.8, 4) is 5.75 Å². The zero-order valence-electron chi connectivity index (χ0n) is 28.5. The highest BCUT2D eigenvalue weighted by Gasteiger charge is 2.44. The first-order valence-corrected chi connectivity index (χ1v) is 16.7. The van der Waals surface area contributed by atoms with Crippen LogP contribution in [0.4, 0.5) is 23.2 Å². The summed E-state index contributed by atoms with van der Waals surface area (Å²) in [4.78, 5) is 6.82. The highest BCUT2D eigenvalue weighted by Crippen LogP contribution is 2.36. The Morgan fingerprint density at radius 3 is 2.25 bits per heavy atom. The second kappa shape index (κ2) is 20.5. The molecule has 5 rings (SSSR count). The van der Waals surface area contributed by atoms with Crippen molar-refractivity contribution >= 4 is 17.3 Å². The Kier molecular flexibility index (Phi) is 17.2. The van der Waals surface area contributed by atoms with Gasteiger partial charge in [-0.3, -0.25) is 4.98 Å². The summed E-state index contributed by atoms with van der Waals surface area (Å²) in [5.41, 5.74) is 3.98. The van der Waals surface area contributed by atoms with Crippen molar-refractivity contribution in [3.63, 3.8) is 0 Å². The first-order chi connectivity index (χ1) is 23.1. The predicted octanol–water partition coefficient (Wildman–Crippen LogP) is 10.7. The average Bonchev–Trinajstić information content (AvgIpc) is 3.10. The number of fused-ring (bicyclic) bond motifs is 1. The Morgan fingerprint density at radius 1 is 0.979 bits per heavy atom. The Balaban J connectivity index is 0.000000367. The summed E-state index contributed by atoms with van der Waals surface area (Å²) in [5, 5.41) is 3.67. The maximum absolute atomic E-state index is 13.4. The van der Waals surface area contributed by atoms with E-state index in [2.05, 4.69) is 64.6 Å². The number of anilines is 1. The standard InChI is InChI=1S/C22H19ClF4N2O.C12H15N.C3H8.C2H6/c1-28-21(13-15-6-3-2-4-7-15,19-11-10-17(23)14-29-19)16-8-5-9-18(12-16)30-22(26,27)20(24)25;1-2-9-13-10-5-7-11-6-3-4-8-12(11)13;1-3-2;1-2/h2-12,14,20,28H,13H2,1H3;2-4,6,8H,1,5,7,9-10H2;3H2,1-2H3;1-2H3/t21-;;;/m0.../s1. The fourth-order valence-electron chi connectivity index (χ4n) is 5.22. The zero-order valence-corrected chi connectivity index (χ0v) is 29.3. The van der Waals surface area contributed by atoms with Gasteiger partial charge in [0.1, 0.15) is 5.75 Å². The zero-order chi connectivity index (χ0) is 35.6. The molecule has 1 aromatic heterocycles. The lowest BCUT2D eigenvalue weighted by atomic mass is 9.80. The molecule has 260 valence electrons. The van der Waals surface area contributed by atoms with Gasteiger partial charge >= 0.3 is 12.5 Å². The van der Waals surface area contributed by atoms with E-state index < -0.39 is 18.1 Å². The van der Waals surface area contributed by atoms with E-state index in [1.807, 2.05) is 50.3 Å². The van der Waals surface area contributed by atoms with E-state index in [1.165, 1.54) is 61.5 Å². The summed E-state index contributed by atoms with van der Waals surface area (Å²) in [5.74, 6) is -0.376. The number of para-hydroxylation sites is 1. The number of ether oxygens (including phenoxy) is 1. The van der Waals surface area contributed by atoms with Crippen LogP contribution in [0.3, 0.4) is 0 Å². The van der Waals surface area contributed by atoms with Gasteiger partial charge in [0.2, 0.25) is 0 Å². The van der Waals surface area contributed by atoms with Crippen molar-refractivity contribution in [1.82, 2.24) is 10.3 Å². The number of rotatable bonds is 10. The highest BCUT2D eigenvalue weighted by atomic mass is 35.5. The third-order valence-corrected chi connectivity index (χ3v) is 7.52.